The normalized spacial score (nSPS) is 10.5. The van der Waals surface area contributed by atoms with Crippen molar-refractivity contribution in [2.75, 3.05) is 11.9 Å². The van der Waals surface area contributed by atoms with Gasteiger partial charge in [-0.25, -0.2) is 4.39 Å². The van der Waals surface area contributed by atoms with E-state index in [0.29, 0.717) is 12.3 Å². The number of phenolic OH excluding ortho intramolecular Hbond substituents is 1. The third-order valence-corrected chi connectivity index (χ3v) is 3.48. The zero-order valence-corrected chi connectivity index (χ0v) is 12.4. The van der Waals surface area contributed by atoms with Crippen molar-refractivity contribution >= 4 is 21.6 Å². The number of halogens is 2. The van der Waals surface area contributed by atoms with E-state index in [1.54, 1.807) is 12.1 Å². The Labute approximate surface area is 120 Å². The SMILES string of the molecule is Cc1cc(Br)cc(CN(C)c2ccc(F)cc2)c1O. The number of phenols is 1. The molecule has 1 N–H and O–H groups in total. The molecule has 0 heterocycles. The van der Waals surface area contributed by atoms with Gasteiger partial charge in [0.05, 0.1) is 0 Å². The number of hydrogen-bond donors (Lipinski definition) is 1. The van der Waals surface area contributed by atoms with E-state index < -0.39 is 0 Å². The van der Waals surface area contributed by atoms with Crippen LogP contribution >= 0.6 is 15.9 Å². The van der Waals surface area contributed by atoms with E-state index in [2.05, 4.69) is 15.9 Å². The summed E-state index contributed by atoms with van der Waals surface area (Å²) in [5, 5.41) is 10.1. The predicted octanol–water partition coefficient (Wildman–Crippen LogP) is 4.24. The van der Waals surface area contributed by atoms with Crippen LogP contribution in [0.25, 0.3) is 0 Å². The highest BCUT2D eigenvalue weighted by molar-refractivity contribution is 9.10. The average Bonchev–Trinajstić information content (AvgIpc) is 2.36. The van der Waals surface area contributed by atoms with Crippen molar-refractivity contribution in [1.82, 2.24) is 0 Å². The molecule has 0 saturated carbocycles. The number of nitrogens with zero attached hydrogens (tertiary/aromatic N) is 1. The lowest BCUT2D eigenvalue weighted by Crippen LogP contribution is -2.16. The molecule has 0 atom stereocenters. The van der Waals surface area contributed by atoms with Gasteiger partial charge in [-0.2, -0.15) is 0 Å². The zero-order valence-electron chi connectivity index (χ0n) is 10.8. The number of rotatable bonds is 3. The Balaban J connectivity index is 2.23. The van der Waals surface area contributed by atoms with Crippen molar-refractivity contribution < 1.29 is 9.50 Å². The molecule has 4 heteroatoms. The third kappa shape index (κ3) is 3.26. The number of aromatic hydroxyl groups is 1. The molecule has 0 saturated heterocycles. The fourth-order valence-electron chi connectivity index (χ4n) is 1.97. The first-order chi connectivity index (χ1) is 8.97. The summed E-state index contributed by atoms with van der Waals surface area (Å²) >= 11 is 3.42. The van der Waals surface area contributed by atoms with Crippen LogP contribution in [-0.2, 0) is 6.54 Å². The van der Waals surface area contributed by atoms with Gasteiger partial charge in [-0.15, -0.1) is 0 Å². The standard InChI is InChI=1S/C15H15BrFNO/c1-10-7-12(16)8-11(15(10)19)9-18(2)14-5-3-13(17)4-6-14/h3-8,19H,9H2,1-2H3. The quantitative estimate of drug-likeness (QED) is 0.913. The van der Waals surface area contributed by atoms with Gasteiger partial charge in [0, 0.05) is 29.3 Å². The number of hydrogen-bond acceptors (Lipinski definition) is 2. The Morgan fingerprint density at radius 1 is 1.21 bits per heavy atom. The lowest BCUT2D eigenvalue weighted by Gasteiger charge is -2.20. The lowest BCUT2D eigenvalue weighted by atomic mass is 10.1. The van der Waals surface area contributed by atoms with Crippen molar-refractivity contribution in [3.63, 3.8) is 0 Å². The smallest absolute Gasteiger partial charge is 0.123 e. The molecule has 0 fully saturated rings. The number of benzene rings is 2. The van der Waals surface area contributed by atoms with Crippen LogP contribution in [0.5, 0.6) is 5.75 Å². The maximum absolute atomic E-state index is 12.9. The van der Waals surface area contributed by atoms with E-state index in [0.717, 1.165) is 21.3 Å². The molecule has 0 aliphatic carbocycles. The van der Waals surface area contributed by atoms with Crippen LogP contribution in [0.2, 0.25) is 0 Å². The van der Waals surface area contributed by atoms with Gasteiger partial charge in [0.1, 0.15) is 11.6 Å². The molecule has 100 valence electrons. The molecular weight excluding hydrogens is 309 g/mol. The number of aryl methyl sites for hydroxylation is 1. The van der Waals surface area contributed by atoms with Gasteiger partial charge < -0.3 is 10.0 Å². The minimum Gasteiger partial charge on any atom is -0.507 e. The van der Waals surface area contributed by atoms with Gasteiger partial charge >= 0.3 is 0 Å². The fourth-order valence-corrected chi connectivity index (χ4v) is 2.59. The molecule has 19 heavy (non-hydrogen) atoms. The van der Waals surface area contributed by atoms with Crippen LogP contribution in [-0.4, -0.2) is 12.2 Å². The predicted molar refractivity (Wildman–Crippen MR) is 79.1 cm³/mol. The monoisotopic (exact) mass is 323 g/mol. The highest BCUT2D eigenvalue weighted by atomic mass is 79.9. The van der Waals surface area contributed by atoms with Crippen LogP contribution in [0, 0.1) is 12.7 Å². The molecule has 0 unspecified atom stereocenters. The summed E-state index contributed by atoms with van der Waals surface area (Å²) in [5.74, 6) is 0.0514. The van der Waals surface area contributed by atoms with Crippen LogP contribution in [0.4, 0.5) is 10.1 Å². The second-order valence-corrected chi connectivity index (χ2v) is 5.48. The summed E-state index contributed by atoms with van der Waals surface area (Å²) in [4.78, 5) is 1.96. The highest BCUT2D eigenvalue weighted by Crippen LogP contribution is 2.28. The van der Waals surface area contributed by atoms with Gasteiger partial charge in [-0.05, 0) is 48.9 Å². The lowest BCUT2D eigenvalue weighted by molar-refractivity contribution is 0.463. The minimum absolute atomic E-state index is 0.252. The first kappa shape index (κ1) is 13.9. The Morgan fingerprint density at radius 2 is 1.84 bits per heavy atom. The first-order valence-electron chi connectivity index (χ1n) is 5.92. The molecule has 2 rings (SSSR count). The first-order valence-corrected chi connectivity index (χ1v) is 6.71. The molecule has 0 bridgehead atoms. The van der Waals surface area contributed by atoms with Gasteiger partial charge in [-0.3, -0.25) is 0 Å². The van der Waals surface area contributed by atoms with E-state index in [1.165, 1.54) is 12.1 Å². The van der Waals surface area contributed by atoms with E-state index >= 15 is 0 Å². The topological polar surface area (TPSA) is 23.5 Å². The molecule has 0 aromatic heterocycles. The fraction of sp³-hybridized carbons (Fsp3) is 0.200. The van der Waals surface area contributed by atoms with Gasteiger partial charge in [0.25, 0.3) is 0 Å². The summed E-state index contributed by atoms with van der Waals surface area (Å²) in [6.45, 7) is 2.42. The van der Waals surface area contributed by atoms with E-state index in [9.17, 15) is 9.50 Å². The minimum atomic E-state index is -0.252. The van der Waals surface area contributed by atoms with Crippen molar-refractivity contribution in [3.8, 4) is 5.75 Å². The maximum atomic E-state index is 12.9. The largest absolute Gasteiger partial charge is 0.507 e. The summed E-state index contributed by atoms with van der Waals surface area (Å²) in [6, 6.07) is 10.1. The molecule has 2 nitrogen and oxygen atoms in total. The second-order valence-electron chi connectivity index (χ2n) is 4.56. The molecule has 0 aliphatic heterocycles. The highest BCUT2D eigenvalue weighted by Gasteiger charge is 2.09. The molecule has 0 spiro atoms. The third-order valence-electron chi connectivity index (χ3n) is 3.02. The molecule has 2 aromatic carbocycles. The summed E-state index contributed by atoms with van der Waals surface area (Å²) in [6.07, 6.45) is 0. The van der Waals surface area contributed by atoms with Crippen molar-refractivity contribution in [2.24, 2.45) is 0 Å². The Kier molecular flexibility index (Phi) is 4.10. The van der Waals surface area contributed by atoms with Crippen LogP contribution in [0.3, 0.4) is 0 Å². The molecular formula is C15H15BrFNO. The Morgan fingerprint density at radius 3 is 2.47 bits per heavy atom. The van der Waals surface area contributed by atoms with Crippen molar-refractivity contribution in [3.05, 3.63) is 57.8 Å². The van der Waals surface area contributed by atoms with Crippen LogP contribution in [0.1, 0.15) is 11.1 Å². The molecule has 0 amide bonds. The van der Waals surface area contributed by atoms with Gasteiger partial charge in [-0.1, -0.05) is 15.9 Å². The Bertz CT molecular complexity index is 583. The van der Waals surface area contributed by atoms with Crippen LogP contribution in [0.15, 0.2) is 40.9 Å². The van der Waals surface area contributed by atoms with E-state index in [1.807, 2.05) is 31.0 Å². The summed E-state index contributed by atoms with van der Waals surface area (Å²) in [5.41, 5.74) is 2.56. The van der Waals surface area contributed by atoms with E-state index in [-0.39, 0.29) is 5.82 Å². The second kappa shape index (κ2) is 5.61. The van der Waals surface area contributed by atoms with E-state index in [4.69, 9.17) is 0 Å². The maximum Gasteiger partial charge on any atom is 0.123 e. The summed E-state index contributed by atoms with van der Waals surface area (Å²) in [7, 11) is 1.91. The summed E-state index contributed by atoms with van der Waals surface area (Å²) < 4.78 is 13.8. The zero-order chi connectivity index (χ0) is 14.0. The average molecular weight is 324 g/mol. The van der Waals surface area contributed by atoms with Crippen LogP contribution < -0.4 is 4.90 Å². The Hall–Kier alpha value is -1.55. The van der Waals surface area contributed by atoms with Gasteiger partial charge in [0.15, 0.2) is 0 Å². The molecule has 0 radical (unpaired) electrons. The molecule has 2 aromatic rings. The van der Waals surface area contributed by atoms with Crippen molar-refractivity contribution in [2.45, 2.75) is 13.5 Å². The van der Waals surface area contributed by atoms with Gasteiger partial charge in [0.2, 0.25) is 0 Å². The van der Waals surface area contributed by atoms with Crippen molar-refractivity contribution in [1.29, 1.82) is 0 Å². The number of anilines is 1. The molecule has 0 aliphatic rings.